The number of carbonyl (C=O) groups is 1. The van der Waals surface area contributed by atoms with Crippen molar-refractivity contribution in [2.24, 2.45) is 5.10 Å². The van der Waals surface area contributed by atoms with Crippen LogP contribution in [0.5, 0.6) is 0 Å². The summed E-state index contributed by atoms with van der Waals surface area (Å²) in [5, 5.41) is 8.81. The van der Waals surface area contributed by atoms with Gasteiger partial charge >= 0.3 is 0 Å². The van der Waals surface area contributed by atoms with Crippen LogP contribution in [0.4, 0.5) is 0 Å². The molecule has 0 radical (unpaired) electrons. The second-order valence-corrected chi connectivity index (χ2v) is 6.63. The maximum atomic E-state index is 12.1. The van der Waals surface area contributed by atoms with E-state index in [0.717, 1.165) is 15.6 Å². The smallest absolute Gasteiger partial charge is 0.268 e. The Morgan fingerprint density at radius 2 is 2.08 bits per heavy atom. The first-order valence-electron chi connectivity index (χ1n) is 7.47. The van der Waals surface area contributed by atoms with Crippen molar-refractivity contribution >= 4 is 39.7 Å². The summed E-state index contributed by atoms with van der Waals surface area (Å²) in [5.74, 6) is -0.369. The minimum Gasteiger partial charge on any atom is -0.268 e. The number of halogens is 2. The molecule has 1 amide bonds. The van der Waals surface area contributed by atoms with E-state index in [1.807, 2.05) is 36.4 Å². The summed E-state index contributed by atoms with van der Waals surface area (Å²) < 4.78 is 2.71. The Balaban J connectivity index is 1.60. The molecule has 1 heterocycles. The van der Waals surface area contributed by atoms with Crippen LogP contribution in [0.2, 0.25) is 5.02 Å². The van der Waals surface area contributed by atoms with Crippen LogP contribution in [0.1, 0.15) is 21.6 Å². The first-order chi connectivity index (χ1) is 12.1. The highest BCUT2D eigenvalue weighted by atomic mass is 79.9. The third-order valence-corrected chi connectivity index (χ3v) is 4.06. The summed E-state index contributed by atoms with van der Waals surface area (Å²) in [7, 11) is 0. The monoisotopic (exact) mass is 416 g/mol. The number of hydrogen-bond donors (Lipinski definition) is 1. The number of nitrogens with zero attached hydrogens (tertiary/aromatic N) is 3. The molecular formula is C18H14BrClN4O. The number of rotatable bonds is 5. The molecule has 0 aliphatic heterocycles. The maximum absolute atomic E-state index is 12.1. The molecule has 1 aromatic heterocycles. The fourth-order valence-electron chi connectivity index (χ4n) is 2.20. The maximum Gasteiger partial charge on any atom is 0.291 e. The lowest BCUT2D eigenvalue weighted by Gasteiger charge is -2.02. The van der Waals surface area contributed by atoms with Gasteiger partial charge in [-0.3, -0.25) is 9.48 Å². The van der Waals surface area contributed by atoms with Gasteiger partial charge in [-0.1, -0.05) is 51.8 Å². The third-order valence-electron chi connectivity index (χ3n) is 3.34. The van der Waals surface area contributed by atoms with Gasteiger partial charge in [0.25, 0.3) is 5.91 Å². The fraction of sp³-hybridized carbons (Fsp3) is 0.0556. The van der Waals surface area contributed by atoms with E-state index in [-0.39, 0.29) is 5.91 Å². The first-order valence-corrected chi connectivity index (χ1v) is 8.64. The summed E-state index contributed by atoms with van der Waals surface area (Å²) in [4.78, 5) is 12.1. The topological polar surface area (TPSA) is 59.3 Å². The molecule has 2 aromatic carbocycles. The highest BCUT2D eigenvalue weighted by Crippen LogP contribution is 2.12. The molecule has 0 spiro atoms. The largest absolute Gasteiger partial charge is 0.291 e. The van der Waals surface area contributed by atoms with E-state index < -0.39 is 0 Å². The van der Waals surface area contributed by atoms with E-state index in [0.29, 0.717) is 17.3 Å². The van der Waals surface area contributed by atoms with Crippen LogP contribution in [-0.4, -0.2) is 21.9 Å². The van der Waals surface area contributed by atoms with Crippen LogP contribution >= 0.6 is 27.5 Å². The minimum absolute atomic E-state index is 0.304. The molecule has 0 saturated heterocycles. The number of hydrazone groups is 1. The number of carbonyl (C=O) groups excluding carboxylic acids is 1. The van der Waals surface area contributed by atoms with E-state index >= 15 is 0 Å². The lowest BCUT2D eigenvalue weighted by molar-refractivity contribution is 0.0949. The second-order valence-electron chi connectivity index (χ2n) is 5.28. The van der Waals surface area contributed by atoms with Crippen LogP contribution in [-0.2, 0) is 6.54 Å². The van der Waals surface area contributed by atoms with E-state index in [9.17, 15) is 4.79 Å². The predicted molar refractivity (Wildman–Crippen MR) is 102 cm³/mol. The van der Waals surface area contributed by atoms with Crippen molar-refractivity contribution in [1.29, 1.82) is 0 Å². The number of hydrogen-bond acceptors (Lipinski definition) is 3. The van der Waals surface area contributed by atoms with Gasteiger partial charge in [0.05, 0.1) is 12.8 Å². The van der Waals surface area contributed by atoms with Crippen molar-refractivity contribution in [3.05, 3.63) is 87.1 Å². The van der Waals surface area contributed by atoms with Gasteiger partial charge < -0.3 is 0 Å². The van der Waals surface area contributed by atoms with Crippen molar-refractivity contribution in [1.82, 2.24) is 15.2 Å². The first kappa shape index (κ1) is 17.4. The van der Waals surface area contributed by atoms with Crippen molar-refractivity contribution in [3.63, 3.8) is 0 Å². The van der Waals surface area contributed by atoms with Crippen LogP contribution in [0.15, 0.2) is 70.4 Å². The van der Waals surface area contributed by atoms with Gasteiger partial charge in [-0.05, 0) is 41.5 Å². The molecule has 0 aliphatic carbocycles. The van der Waals surface area contributed by atoms with E-state index in [4.69, 9.17) is 11.6 Å². The van der Waals surface area contributed by atoms with Crippen LogP contribution < -0.4 is 5.43 Å². The molecule has 1 N–H and O–H groups in total. The normalized spacial score (nSPS) is 11.0. The van der Waals surface area contributed by atoms with Crippen molar-refractivity contribution < 1.29 is 4.79 Å². The molecule has 0 fully saturated rings. The van der Waals surface area contributed by atoms with E-state index in [2.05, 4.69) is 31.6 Å². The molecule has 25 heavy (non-hydrogen) atoms. The zero-order valence-corrected chi connectivity index (χ0v) is 15.4. The van der Waals surface area contributed by atoms with Crippen molar-refractivity contribution in [3.8, 4) is 0 Å². The molecule has 0 aliphatic rings. The van der Waals surface area contributed by atoms with Gasteiger partial charge in [0.1, 0.15) is 0 Å². The summed E-state index contributed by atoms with van der Waals surface area (Å²) in [6.45, 7) is 0.582. The molecule has 0 atom stereocenters. The summed E-state index contributed by atoms with van der Waals surface area (Å²) in [5.41, 5.74) is 4.65. The van der Waals surface area contributed by atoms with Gasteiger partial charge in [-0.15, -0.1) is 0 Å². The lowest BCUT2D eigenvalue weighted by Crippen LogP contribution is -2.18. The van der Waals surface area contributed by atoms with Crippen LogP contribution in [0.25, 0.3) is 0 Å². The van der Waals surface area contributed by atoms with Gasteiger partial charge in [0, 0.05) is 15.7 Å². The fourth-order valence-corrected chi connectivity index (χ4v) is 2.85. The molecule has 3 rings (SSSR count). The predicted octanol–water partition coefficient (Wildman–Crippen LogP) is 4.11. The Hall–Kier alpha value is -2.44. The number of nitrogens with one attached hydrogen (secondary N) is 1. The van der Waals surface area contributed by atoms with Crippen LogP contribution in [0.3, 0.4) is 0 Å². The number of amides is 1. The Kier molecular flexibility index (Phi) is 5.63. The average Bonchev–Trinajstić information content (AvgIpc) is 3.03. The summed E-state index contributed by atoms with van der Waals surface area (Å²) >= 11 is 9.33. The summed E-state index contributed by atoms with van der Waals surface area (Å²) in [6, 6.07) is 16.8. The van der Waals surface area contributed by atoms with Gasteiger partial charge in [0.15, 0.2) is 5.69 Å². The van der Waals surface area contributed by atoms with Crippen LogP contribution in [0, 0.1) is 0 Å². The van der Waals surface area contributed by atoms with Gasteiger partial charge in [-0.25, -0.2) is 5.43 Å². The molecule has 5 nitrogen and oxygen atoms in total. The summed E-state index contributed by atoms with van der Waals surface area (Å²) in [6.07, 6.45) is 3.29. The number of benzene rings is 2. The Labute approximate surface area is 158 Å². The third kappa shape index (κ3) is 5.01. The highest BCUT2D eigenvalue weighted by molar-refractivity contribution is 9.10. The average molecular weight is 418 g/mol. The quantitative estimate of drug-likeness (QED) is 0.502. The zero-order chi connectivity index (χ0) is 17.6. The van der Waals surface area contributed by atoms with Crippen molar-refractivity contribution in [2.45, 2.75) is 6.54 Å². The molecule has 3 aromatic rings. The molecule has 7 heteroatoms. The lowest BCUT2D eigenvalue weighted by atomic mass is 10.2. The molecule has 0 bridgehead atoms. The Bertz CT molecular complexity index is 923. The van der Waals surface area contributed by atoms with Gasteiger partial charge in [-0.2, -0.15) is 10.2 Å². The SMILES string of the molecule is O=C(NN=Cc1cccc(Cl)c1)c1ccn(Cc2cccc(Br)c2)n1. The number of aromatic nitrogens is 2. The van der Waals surface area contributed by atoms with E-state index in [1.54, 1.807) is 29.1 Å². The zero-order valence-electron chi connectivity index (χ0n) is 13.1. The molecule has 0 unspecified atom stereocenters. The standard InChI is InChI=1S/C18H14BrClN4O/c19-15-5-1-4-14(9-15)12-24-8-7-17(23-24)18(25)22-21-11-13-3-2-6-16(20)10-13/h1-11H,12H2,(H,22,25). The molecule has 126 valence electrons. The molecule has 0 saturated carbocycles. The Morgan fingerprint density at radius 3 is 2.88 bits per heavy atom. The van der Waals surface area contributed by atoms with Gasteiger partial charge in [0.2, 0.25) is 0 Å². The molecular weight excluding hydrogens is 404 g/mol. The highest BCUT2D eigenvalue weighted by Gasteiger charge is 2.08. The Morgan fingerprint density at radius 1 is 1.24 bits per heavy atom. The second kappa shape index (κ2) is 8.09. The van der Waals surface area contributed by atoms with Crippen molar-refractivity contribution in [2.75, 3.05) is 0 Å². The minimum atomic E-state index is -0.369. The van der Waals surface area contributed by atoms with E-state index in [1.165, 1.54) is 6.21 Å².